The van der Waals surface area contributed by atoms with E-state index >= 15 is 0 Å². The molecule has 0 fully saturated rings. The van der Waals surface area contributed by atoms with Gasteiger partial charge in [0.1, 0.15) is 11.3 Å². The lowest BCUT2D eigenvalue weighted by Crippen LogP contribution is -2.05. The van der Waals surface area contributed by atoms with Crippen LogP contribution in [-0.4, -0.2) is 18.6 Å². The fraction of sp³-hybridized carbons (Fsp3) is 0.188. The second kappa shape index (κ2) is 5.75. The minimum atomic E-state index is 0.491. The van der Waals surface area contributed by atoms with Crippen LogP contribution in [0, 0.1) is 0 Å². The van der Waals surface area contributed by atoms with E-state index in [1.54, 1.807) is 7.11 Å². The summed E-state index contributed by atoms with van der Waals surface area (Å²) in [6.07, 6.45) is 0.853. The van der Waals surface area contributed by atoms with E-state index in [9.17, 15) is 0 Å². The smallest absolute Gasteiger partial charge is 0.295 e. The van der Waals surface area contributed by atoms with Crippen LogP contribution in [0.15, 0.2) is 46.9 Å². The van der Waals surface area contributed by atoms with E-state index in [1.165, 1.54) is 5.56 Å². The molecule has 3 rings (SSSR count). The van der Waals surface area contributed by atoms with E-state index in [0.29, 0.717) is 22.8 Å². The molecule has 0 atom stereocenters. The van der Waals surface area contributed by atoms with Crippen LogP contribution in [0.4, 0.5) is 11.7 Å². The number of nitrogen functional groups attached to an aromatic ring is 1. The molecule has 2 aromatic carbocycles. The van der Waals surface area contributed by atoms with Crippen molar-refractivity contribution in [2.75, 3.05) is 24.7 Å². The summed E-state index contributed by atoms with van der Waals surface area (Å²) in [7, 11) is 1.67. The predicted octanol–water partition coefficient (Wildman–Crippen LogP) is 3.07. The second-order valence-electron chi connectivity index (χ2n) is 4.74. The number of oxazole rings is 1. The van der Waals surface area contributed by atoms with E-state index in [4.69, 9.17) is 14.9 Å². The van der Waals surface area contributed by atoms with Gasteiger partial charge in [0.2, 0.25) is 0 Å². The minimum Gasteiger partial charge on any atom is -0.497 e. The van der Waals surface area contributed by atoms with E-state index in [2.05, 4.69) is 16.4 Å². The molecule has 0 unspecified atom stereocenters. The lowest BCUT2D eigenvalue weighted by atomic mass is 10.1. The number of nitrogens with zero attached hydrogens (tertiary/aromatic N) is 1. The Morgan fingerprint density at radius 1 is 1.24 bits per heavy atom. The number of rotatable bonds is 5. The van der Waals surface area contributed by atoms with Gasteiger partial charge in [-0.3, -0.25) is 0 Å². The molecule has 108 valence electrons. The number of para-hydroxylation sites is 1. The number of nitrogens with two attached hydrogens (primary N) is 1. The van der Waals surface area contributed by atoms with Gasteiger partial charge in [-0.25, -0.2) is 0 Å². The molecule has 0 spiro atoms. The zero-order chi connectivity index (χ0) is 14.7. The van der Waals surface area contributed by atoms with Crippen molar-refractivity contribution >= 4 is 22.8 Å². The van der Waals surface area contributed by atoms with Crippen LogP contribution in [0.25, 0.3) is 11.1 Å². The Balaban J connectivity index is 1.65. The van der Waals surface area contributed by atoms with Gasteiger partial charge in [0.15, 0.2) is 5.58 Å². The molecule has 1 heterocycles. The maximum absolute atomic E-state index is 5.86. The number of aromatic nitrogens is 1. The van der Waals surface area contributed by atoms with Crippen LogP contribution in [0.5, 0.6) is 5.75 Å². The number of hydrogen-bond acceptors (Lipinski definition) is 5. The predicted molar refractivity (Wildman–Crippen MR) is 83.6 cm³/mol. The molecular weight excluding hydrogens is 266 g/mol. The van der Waals surface area contributed by atoms with Gasteiger partial charge >= 0.3 is 0 Å². The third-order valence-corrected chi connectivity index (χ3v) is 3.27. The fourth-order valence-corrected chi connectivity index (χ4v) is 2.19. The molecule has 3 aromatic rings. The molecule has 1 aromatic heterocycles. The summed E-state index contributed by atoms with van der Waals surface area (Å²) < 4.78 is 10.8. The van der Waals surface area contributed by atoms with Crippen LogP contribution in [0.2, 0.25) is 0 Å². The second-order valence-corrected chi connectivity index (χ2v) is 4.74. The van der Waals surface area contributed by atoms with Crippen molar-refractivity contribution in [3.05, 3.63) is 48.0 Å². The van der Waals surface area contributed by atoms with E-state index in [-0.39, 0.29) is 0 Å². The Morgan fingerprint density at radius 2 is 2.10 bits per heavy atom. The first-order valence-corrected chi connectivity index (χ1v) is 6.78. The summed E-state index contributed by atoms with van der Waals surface area (Å²) in [6, 6.07) is 14.0. The van der Waals surface area contributed by atoms with Gasteiger partial charge in [0.05, 0.1) is 12.8 Å². The van der Waals surface area contributed by atoms with Crippen molar-refractivity contribution in [1.82, 2.24) is 4.98 Å². The third kappa shape index (κ3) is 2.91. The maximum Gasteiger partial charge on any atom is 0.295 e. The summed E-state index contributed by atoms with van der Waals surface area (Å²) in [6.45, 7) is 0.722. The molecule has 0 aliphatic carbocycles. The number of ether oxygens (including phenoxy) is 1. The molecule has 3 N–H and O–H groups in total. The van der Waals surface area contributed by atoms with Crippen LogP contribution in [0.3, 0.4) is 0 Å². The quantitative estimate of drug-likeness (QED) is 0.704. The zero-order valence-corrected chi connectivity index (χ0v) is 11.8. The first-order valence-electron chi connectivity index (χ1n) is 6.78. The fourth-order valence-electron chi connectivity index (χ4n) is 2.19. The van der Waals surface area contributed by atoms with Gasteiger partial charge in [-0.05, 0) is 36.2 Å². The highest BCUT2D eigenvalue weighted by Crippen LogP contribution is 2.23. The summed E-state index contributed by atoms with van der Waals surface area (Å²) in [5.74, 6) is 0.863. The highest BCUT2D eigenvalue weighted by molar-refractivity contribution is 5.86. The van der Waals surface area contributed by atoms with Gasteiger partial charge in [0.25, 0.3) is 6.01 Å². The number of methoxy groups -OCH3 is 1. The topological polar surface area (TPSA) is 73.3 Å². The van der Waals surface area contributed by atoms with Gasteiger partial charge in [-0.2, -0.15) is 4.98 Å². The molecular formula is C16H17N3O2. The number of benzene rings is 2. The van der Waals surface area contributed by atoms with E-state index < -0.39 is 0 Å². The first-order chi connectivity index (χ1) is 10.3. The van der Waals surface area contributed by atoms with Crippen molar-refractivity contribution in [1.29, 1.82) is 0 Å². The van der Waals surface area contributed by atoms with Crippen LogP contribution < -0.4 is 15.8 Å². The number of fused-ring (bicyclic) bond motifs is 1. The Labute approximate surface area is 122 Å². The highest BCUT2D eigenvalue weighted by atomic mass is 16.5. The Bertz CT molecular complexity index is 752. The van der Waals surface area contributed by atoms with Crippen molar-refractivity contribution in [2.45, 2.75) is 6.42 Å². The normalized spacial score (nSPS) is 10.7. The minimum absolute atomic E-state index is 0.491. The molecule has 0 saturated heterocycles. The number of anilines is 2. The standard InChI is InChI=1S/C16H17N3O2/c1-20-12-5-2-4-11(10-12)8-9-18-16-19-15-13(17)6-3-7-14(15)21-16/h2-7,10H,8-9,17H2,1H3,(H,18,19). The van der Waals surface area contributed by atoms with Crippen molar-refractivity contribution < 1.29 is 9.15 Å². The van der Waals surface area contributed by atoms with Crippen LogP contribution in [0.1, 0.15) is 5.56 Å². The molecule has 5 nitrogen and oxygen atoms in total. The molecule has 21 heavy (non-hydrogen) atoms. The molecule has 5 heteroatoms. The van der Waals surface area contributed by atoms with Gasteiger partial charge in [-0.15, -0.1) is 0 Å². The van der Waals surface area contributed by atoms with Gasteiger partial charge in [-0.1, -0.05) is 18.2 Å². The summed E-state index contributed by atoms with van der Waals surface area (Å²) in [4.78, 5) is 4.35. The Morgan fingerprint density at radius 3 is 2.90 bits per heavy atom. The largest absolute Gasteiger partial charge is 0.497 e. The molecule has 0 aliphatic heterocycles. The first kappa shape index (κ1) is 13.3. The van der Waals surface area contributed by atoms with Crippen molar-refractivity contribution in [3.8, 4) is 5.75 Å². The number of hydrogen-bond donors (Lipinski definition) is 2. The van der Waals surface area contributed by atoms with E-state index in [0.717, 1.165) is 18.7 Å². The SMILES string of the molecule is COc1cccc(CCNc2nc3c(N)cccc3o2)c1. The Hall–Kier alpha value is -2.69. The average molecular weight is 283 g/mol. The van der Waals surface area contributed by atoms with Crippen LogP contribution in [-0.2, 0) is 6.42 Å². The summed E-state index contributed by atoms with van der Waals surface area (Å²) >= 11 is 0. The van der Waals surface area contributed by atoms with Gasteiger partial charge < -0.3 is 20.2 Å². The zero-order valence-electron chi connectivity index (χ0n) is 11.8. The van der Waals surface area contributed by atoms with Crippen molar-refractivity contribution in [3.63, 3.8) is 0 Å². The lowest BCUT2D eigenvalue weighted by molar-refractivity contribution is 0.414. The average Bonchev–Trinajstić information content (AvgIpc) is 2.92. The molecule has 0 saturated carbocycles. The molecule has 0 bridgehead atoms. The van der Waals surface area contributed by atoms with Gasteiger partial charge in [0, 0.05) is 6.54 Å². The molecule has 0 radical (unpaired) electrons. The number of nitrogens with one attached hydrogen (secondary N) is 1. The van der Waals surface area contributed by atoms with E-state index in [1.807, 2.05) is 36.4 Å². The molecule has 0 amide bonds. The maximum atomic E-state index is 5.86. The Kier molecular flexibility index (Phi) is 3.64. The van der Waals surface area contributed by atoms with Crippen molar-refractivity contribution in [2.24, 2.45) is 0 Å². The van der Waals surface area contributed by atoms with Crippen LogP contribution >= 0.6 is 0 Å². The monoisotopic (exact) mass is 283 g/mol. The highest BCUT2D eigenvalue weighted by Gasteiger charge is 2.07. The summed E-state index contributed by atoms with van der Waals surface area (Å²) in [5.41, 5.74) is 9.06. The summed E-state index contributed by atoms with van der Waals surface area (Å²) in [5, 5.41) is 3.17. The molecule has 0 aliphatic rings. The lowest BCUT2D eigenvalue weighted by Gasteiger charge is -2.04. The third-order valence-electron chi connectivity index (χ3n) is 3.27.